The van der Waals surface area contributed by atoms with Gasteiger partial charge in [0.1, 0.15) is 6.10 Å². The maximum absolute atomic E-state index is 13.0. The molecular formula is C21H25NO4. The molecule has 0 radical (unpaired) electrons. The Hall–Kier alpha value is -2.21. The Bertz CT molecular complexity index is 657. The van der Waals surface area contributed by atoms with E-state index in [4.69, 9.17) is 9.84 Å². The molecule has 2 N–H and O–H groups in total. The number of aliphatic hydroxyl groups excluding tert-OH is 1. The highest BCUT2D eigenvalue weighted by Gasteiger charge is 2.42. The lowest BCUT2D eigenvalue weighted by Crippen LogP contribution is -2.44. The Kier molecular flexibility index (Phi) is 6.04. The number of likely N-dealkylation sites (tertiary alicyclic amines) is 1. The van der Waals surface area contributed by atoms with Gasteiger partial charge < -0.3 is 19.8 Å². The van der Waals surface area contributed by atoms with Crippen molar-refractivity contribution >= 4 is 5.97 Å². The van der Waals surface area contributed by atoms with Crippen LogP contribution in [0, 0.1) is 0 Å². The second kappa shape index (κ2) is 8.45. The van der Waals surface area contributed by atoms with Crippen LogP contribution in [0.5, 0.6) is 0 Å². The van der Waals surface area contributed by atoms with Crippen molar-refractivity contribution in [3.63, 3.8) is 0 Å². The molecule has 1 aliphatic heterocycles. The standard InChI is InChI=1S/C21H25NO4/c23-16-15-22-13-11-19(12-14-22)26-20(24)21(25,17-7-3-1-4-8-17)18-9-5-2-6-10-18/h1-10,19,23,25H,11-16H2. The van der Waals surface area contributed by atoms with Crippen LogP contribution in [0.25, 0.3) is 0 Å². The Labute approximate surface area is 153 Å². The van der Waals surface area contributed by atoms with E-state index in [0.717, 1.165) is 13.1 Å². The molecule has 2 aromatic rings. The molecule has 1 saturated heterocycles. The zero-order chi connectivity index (χ0) is 18.4. The highest BCUT2D eigenvalue weighted by molar-refractivity contribution is 5.85. The third kappa shape index (κ3) is 3.96. The third-order valence-corrected chi connectivity index (χ3v) is 4.90. The summed E-state index contributed by atoms with van der Waals surface area (Å²) in [6, 6.07) is 17.8. The van der Waals surface area contributed by atoms with Gasteiger partial charge >= 0.3 is 5.97 Å². The maximum atomic E-state index is 13.0. The van der Waals surface area contributed by atoms with E-state index in [9.17, 15) is 9.90 Å². The highest BCUT2D eigenvalue weighted by Crippen LogP contribution is 2.32. The van der Waals surface area contributed by atoms with Crippen LogP contribution in [-0.2, 0) is 15.1 Å². The number of carbonyl (C=O) groups excluding carboxylic acids is 1. The second-order valence-corrected chi connectivity index (χ2v) is 6.61. The highest BCUT2D eigenvalue weighted by atomic mass is 16.6. The second-order valence-electron chi connectivity index (χ2n) is 6.61. The summed E-state index contributed by atoms with van der Waals surface area (Å²) in [6.45, 7) is 2.31. The predicted molar refractivity (Wildman–Crippen MR) is 98.5 cm³/mol. The summed E-state index contributed by atoms with van der Waals surface area (Å²) in [7, 11) is 0. The summed E-state index contributed by atoms with van der Waals surface area (Å²) in [5.41, 5.74) is -0.840. The van der Waals surface area contributed by atoms with Crippen molar-refractivity contribution in [2.24, 2.45) is 0 Å². The van der Waals surface area contributed by atoms with Crippen molar-refractivity contribution in [3.8, 4) is 0 Å². The Morgan fingerprint density at radius 2 is 1.50 bits per heavy atom. The van der Waals surface area contributed by atoms with E-state index < -0.39 is 11.6 Å². The first-order chi connectivity index (χ1) is 12.6. The summed E-state index contributed by atoms with van der Waals surface area (Å²) in [5, 5.41) is 20.4. The van der Waals surface area contributed by atoms with Crippen LogP contribution in [0.1, 0.15) is 24.0 Å². The van der Waals surface area contributed by atoms with Crippen LogP contribution in [0.15, 0.2) is 60.7 Å². The topological polar surface area (TPSA) is 70.0 Å². The van der Waals surface area contributed by atoms with E-state index in [-0.39, 0.29) is 12.7 Å². The zero-order valence-electron chi connectivity index (χ0n) is 14.8. The average molecular weight is 355 g/mol. The van der Waals surface area contributed by atoms with Gasteiger partial charge in [0.15, 0.2) is 0 Å². The number of aliphatic hydroxyl groups is 2. The van der Waals surface area contributed by atoms with Crippen LogP contribution < -0.4 is 0 Å². The van der Waals surface area contributed by atoms with Crippen molar-refractivity contribution < 1.29 is 19.7 Å². The number of hydrogen-bond donors (Lipinski definition) is 2. The van der Waals surface area contributed by atoms with E-state index in [0.29, 0.717) is 30.5 Å². The largest absolute Gasteiger partial charge is 0.460 e. The fourth-order valence-electron chi connectivity index (χ4n) is 3.39. The number of carbonyl (C=O) groups is 1. The van der Waals surface area contributed by atoms with Gasteiger partial charge in [-0.15, -0.1) is 0 Å². The molecular weight excluding hydrogens is 330 g/mol. The van der Waals surface area contributed by atoms with Gasteiger partial charge in [-0.2, -0.15) is 0 Å². The fraction of sp³-hybridized carbons (Fsp3) is 0.381. The number of ether oxygens (including phenoxy) is 1. The Morgan fingerprint density at radius 1 is 1.00 bits per heavy atom. The number of nitrogens with zero attached hydrogens (tertiary/aromatic N) is 1. The Morgan fingerprint density at radius 3 is 1.96 bits per heavy atom. The average Bonchev–Trinajstić information content (AvgIpc) is 2.70. The van der Waals surface area contributed by atoms with Gasteiger partial charge in [-0.1, -0.05) is 60.7 Å². The molecule has 0 unspecified atom stereocenters. The number of piperidine rings is 1. The number of hydrogen-bond acceptors (Lipinski definition) is 5. The van der Waals surface area contributed by atoms with Crippen LogP contribution in [0.2, 0.25) is 0 Å². The summed E-state index contributed by atoms with van der Waals surface area (Å²) < 4.78 is 5.71. The first-order valence-electron chi connectivity index (χ1n) is 9.02. The molecule has 5 nitrogen and oxygen atoms in total. The summed E-state index contributed by atoms with van der Waals surface area (Å²) in [4.78, 5) is 15.2. The van der Waals surface area contributed by atoms with Crippen LogP contribution >= 0.6 is 0 Å². The molecule has 26 heavy (non-hydrogen) atoms. The first kappa shape index (κ1) is 18.6. The van der Waals surface area contributed by atoms with Crippen molar-refractivity contribution in [3.05, 3.63) is 71.8 Å². The lowest BCUT2D eigenvalue weighted by atomic mass is 9.86. The summed E-state index contributed by atoms with van der Waals surface area (Å²) in [6.07, 6.45) is 1.17. The van der Waals surface area contributed by atoms with Crippen molar-refractivity contribution in [1.29, 1.82) is 0 Å². The predicted octanol–water partition coefficient (Wildman–Crippen LogP) is 1.92. The smallest absolute Gasteiger partial charge is 0.347 e. The van der Waals surface area contributed by atoms with Crippen molar-refractivity contribution in [2.75, 3.05) is 26.2 Å². The first-order valence-corrected chi connectivity index (χ1v) is 9.02. The van der Waals surface area contributed by atoms with Gasteiger partial charge in [-0.05, 0) is 24.0 Å². The summed E-state index contributed by atoms with van der Waals surface area (Å²) in [5.74, 6) is -0.643. The molecule has 138 valence electrons. The monoisotopic (exact) mass is 355 g/mol. The number of esters is 1. The minimum absolute atomic E-state index is 0.131. The SMILES string of the molecule is O=C(OC1CCN(CCO)CC1)C(O)(c1ccccc1)c1ccccc1. The number of β-amino-alcohol motifs (C(OH)–C–C–N with tert-alkyl or cyclic N) is 1. The van der Waals surface area contributed by atoms with E-state index in [1.165, 1.54) is 0 Å². The molecule has 3 rings (SSSR count). The summed E-state index contributed by atoms with van der Waals surface area (Å²) >= 11 is 0. The molecule has 0 amide bonds. The molecule has 0 aliphatic carbocycles. The minimum Gasteiger partial charge on any atom is -0.460 e. The van der Waals surface area contributed by atoms with Gasteiger partial charge in [0.25, 0.3) is 0 Å². The molecule has 0 atom stereocenters. The van der Waals surface area contributed by atoms with Gasteiger partial charge in [-0.25, -0.2) is 4.79 Å². The molecule has 1 aliphatic rings. The number of benzene rings is 2. The number of rotatable bonds is 6. The van der Waals surface area contributed by atoms with E-state index in [1.807, 2.05) is 12.1 Å². The zero-order valence-corrected chi connectivity index (χ0v) is 14.8. The van der Waals surface area contributed by atoms with Crippen molar-refractivity contribution in [2.45, 2.75) is 24.5 Å². The molecule has 1 fully saturated rings. The van der Waals surface area contributed by atoms with E-state index in [2.05, 4.69) is 4.90 Å². The normalized spacial score (nSPS) is 16.4. The lowest BCUT2D eigenvalue weighted by Gasteiger charge is -2.34. The van der Waals surface area contributed by atoms with Crippen LogP contribution in [-0.4, -0.2) is 53.4 Å². The van der Waals surface area contributed by atoms with Crippen LogP contribution in [0.4, 0.5) is 0 Å². The van der Waals surface area contributed by atoms with Gasteiger partial charge in [0, 0.05) is 19.6 Å². The molecule has 0 saturated carbocycles. The van der Waals surface area contributed by atoms with Crippen molar-refractivity contribution in [1.82, 2.24) is 4.90 Å². The van der Waals surface area contributed by atoms with E-state index >= 15 is 0 Å². The molecule has 5 heteroatoms. The van der Waals surface area contributed by atoms with Gasteiger partial charge in [0.2, 0.25) is 5.60 Å². The minimum atomic E-state index is -1.83. The quantitative estimate of drug-likeness (QED) is 0.775. The van der Waals surface area contributed by atoms with Crippen LogP contribution in [0.3, 0.4) is 0 Å². The van der Waals surface area contributed by atoms with Gasteiger partial charge in [0.05, 0.1) is 6.61 Å². The fourth-order valence-corrected chi connectivity index (χ4v) is 3.39. The Balaban J connectivity index is 1.79. The molecule has 1 heterocycles. The maximum Gasteiger partial charge on any atom is 0.347 e. The molecule has 0 aromatic heterocycles. The van der Waals surface area contributed by atoms with Gasteiger partial charge in [-0.3, -0.25) is 0 Å². The van der Waals surface area contributed by atoms with E-state index in [1.54, 1.807) is 48.5 Å². The molecule has 0 spiro atoms. The third-order valence-electron chi connectivity index (χ3n) is 4.90. The molecule has 2 aromatic carbocycles. The lowest BCUT2D eigenvalue weighted by molar-refractivity contribution is -0.170. The molecule has 0 bridgehead atoms.